The summed E-state index contributed by atoms with van der Waals surface area (Å²) in [5.74, 6) is 0.690. The Morgan fingerprint density at radius 1 is 1.00 bits per heavy atom. The molecule has 2 heterocycles. The molecule has 1 fully saturated rings. The zero-order valence-electron chi connectivity index (χ0n) is 15.2. The second kappa shape index (κ2) is 6.98. The van der Waals surface area contributed by atoms with Crippen molar-refractivity contribution in [1.82, 2.24) is 9.21 Å². The summed E-state index contributed by atoms with van der Waals surface area (Å²) < 4.78 is 32.8. The third-order valence-electron chi connectivity index (χ3n) is 5.13. The van der Waals surface area contributed by atoms with Gasteiger partial charge >= 0.3 is 0 Å². The van der Waals surface area contributed by atoms with Crippen LogP contribution in [0.5, 0.6) is 5.75 Å². The van der Waals surface area contributed by atoms with E-state index in [1.54, 1.807) is 29.2 Å². The number of benzene rings is 2. The molecule has 0 saturated carbocycles. The number of amides is 1. The van der Waals surface area contributed by atoms with Crippen molar-refractivity contribution in [3.8, 4) is 5.75 Å². The van der Waals surface area contributed by atoms with Crippen LogP contribution in [0.1, 0.15) is 11.1 Å². The first-order valence-electron chi connectivity index (χ1n) is 9.05. The summed E-state index contributed by atoms with van der Waals surface area (Å²) in [6, 6.07) is 14.5. The minimum absolute atomic E-state index is 0.0708. The number of nitrogens with zero attached hydrogens (tertiary/aromatic N) is 2. The molecule has 2 aliphatic heterocycles. The maximum absolute atomic E-state index is 12.8. The van der Waals surface area contributed by atoms with Gasteiger partial charge in [0.2, 0.25) is 10.0 Å². The van der Waals surface area contributed by atoms with E-state index in [1.165, 1.54) is 4.31 Å². The minimum Gasteiger partial charge on any atom is -0.480 e. The highest BCUT2D eigenvalue weighted by atomic mass is 32.2. The van der Waals surface area contributed by atoms with Gasteiger partial charge in [0, 0.05) is 32.6 Å². The van der Waals surface area contributed by atoms with Crippen LogP contribution in [0, 0.1) is 6.92 Å². The number of carbonyl (C=O) groups excluding carboxylic acids is 1. The maximum Gasteiger partial charge on any atom is 0.264 e. The second-order valence-corrected chi connectivity index (χ2v) is 8.90. The van der Waals surface area contributed by atoms with Crippen molar-refractivity contribution in [3.63, 3.8) is 0 Å². The molecular formula is C20H22N2O4S. The van der Waals surface area contributed by atoms with Crippen LogP contribution < -0.4 is 4.74 Å². The first-order valence-corrected chi connectivity index (χ1v) is 10.5. The molecule has 142 valence electrons. The molecule has 0 spiro atoms. The lowest BCUT2D eigenvalue weighted by atomic mass is 10.1. The zero-order valence-corrected chi connectivity index (χ0v) is 16.0. The van der Waals surface area contributed by atoms with Crippen molar-refractivity contribution in [2.75, 3.05) is 26.2 Å². The summed E-state index contributed by atoms with van der Waals surface area (Å²) in [5.41, 5.74) is 2.05. The Hall–Kier alpha value is -2.38. The Bertz CT molecular complexity index is 923. The molecule has 0 N–H and O–H groups in total. The van der Waals surface area contributed by atoms with Gasteiger partial charge in [-0.3, -0.25) is 4.79 Å². The highest BCUT2D eigenvalue weighted by Gasteiger charge is 2.35. The molecule has 7 heteroatoms. The fourth-order valence-corrected chi connectivity index (χ4v) is 4.95. The molecule has 0 aromatic heterocycles. The van der Waals surface area contributed by atoms with Gasteiger partial charge in [-0.2, -0.15) is 4.31 Å². The predicted molar refractivity (Wildman–Crippen MR) is 101 cm³/mol. The standard InChI is InChI=1S/C20H22N2O4S/c1-15-6-8-17(9-7-15)27(24,25)22-12-10-21(11-13-22)20(23)19-14-16-4-2-3-5-18(16)26-19/h2-9,19H,10-14H2,1H3. The molecule has 4 rings (SSSR count). The van der Waals surface area contributed by atoms with Crippen LogP contribution in [-0.2, 0) is 21.2 Å². The summed E-state index contributed by atoms with van der Waals surface area (Å²) in [6.45, 7) is 3.26. The summed E-state index contributed by atoms with van der Waals surface area (Å²) in [5, 5.41) is 0. The average Bonchev–Trinajstić information content (AvgIpc) is 3.12. The number of aryl methyl sites for hydroxylation is 1. The van der Waals surface area contributed by atoms with E-state index < -0.39 is 16.1 Å². The Morgan fingerprint density at radius 3 is 2.33 bits per heavy atom. The van der Waals surface area contributed by atoms with Gasteiger partial charge in [0.1, 0.15) is 5.75 Å². The first-order chi connectivity index (χ1) is 12.9. The quantitative estimate of drug-likeness (QED) is 0.807. The van der Waals surface area contributed by atoms with Gasteiger partial charge in [0.05, 0.1) is 4.90 Å². The van der Waals surface area contributed by atoms with Crippen molar-refractivity contribution >= 4 is 15.9 Å². The number of sulfonamides is 1. The summed E-state index contributed by atoms with van der Waals surface area (Å²) in [6.07, 6.45) is 0.0549. The fourth-order valence-electron chi connectivity index (χ4n) is 3.53. The van der Waals surface area contributed by atoms with E-state index >= 15 is 0 Å². The summed E-state index contributed by atoms with van der Waals surface area (Å²) in [7, 11) is -3.53. The molecule has 0 bridgehead atoms. The zero-order chi connectivity index (χ0) is 19.0. The number of carbonyl (C=O) groups is 1. The lowest BCUT2D eigenvalue weighted by Crippen LogP contribution is -2.53. The van der Waals surface area contributed by atoms with Gasteiger partial charge in [0.25, 0.3) is 5.91 Å². The average molecular weight is 386 g/mol. The normalized spacial score (nSPS) is 20.2. The number of rotatable bonds is 3. The summed E-state index contributed by atoms with van der Waals surface area (Å²) >= 11 is 0. The van der Waals surface area contributed by atoms with Crippen molar-refractivity contribution in [2.24, 2.45) is 0 Å². The van der Waals surface area contributed by atoms with Gasteiger partial charge in [-0.25, -0.2) is 8.42 Å². The summed E-state index contributed by atoms with van der Waals surface area (Å²) in [4.78, 5) is 14.8. The number of hydrogen-bond donors (Lipinski definition) is 0. The van der Waals surface area contributed by atoms with Crippen LogP contribution in [0.15, 0.2) is 53.4 Å². The van der Waals surface area contributed by atoms with Crippen LogP contribution in [0.3, 0.4) is 0 Å². The Balaban J connectivity index is 1.39. The molecule has 0 radical (unpaired) electrons. The molecule has 2 aromatic carbocycles. The van der Waals surface area contributed by atoms with E-state index in [-0.39, 0.29) is 5.91 Å². The molecule has 6 nitrogen and oxygen atoms in total. The minimum atomic E-state index is -3.53. The van der Waals surface area contributed by atoms with E-state index in [9.17, 15) is 13.2 Å². The number of fused-ring (bicyclic) bond motifs is 1. The van der Waals surface area contributed by atoms with Gasteiger partial charge in [-0.1, -0.05) is 35.9 Å². The van der Waals surface area contributed by atoms with E-state index in [1.807, 2.05) is 31.2 Å². The van der Waals surface area contributed by atoms with Crippen molar-refractivity contribution < 1.29 is 17.9 Å². The van der Waals surface area contributed by atoms with Gasteiger partial charge in [0.15, 0.2) is 6.10 Å². The molecule has 2 aliphatic rings. The van der Waals surface area contributed by atoms with Gasteiger partial charge in [-0.15, -0.1) is 0 Å². The highest BCUT2D eigenvalue weighted by molar-refractivity contribution is 7.89. The van der Waals surface area contributed by atoms with E-state index in [0.717, 1.165) is 16.9 Å². The smallest absolute Gasteiger partial charge is 0.264 e. The number of hydrogen-bond acceptors (Lipinski definition) is 4. The first kappa shape index (κ1) is 18.0. The van der Waals surface area contributed by atoms with Crippen LogP contribution in [0.4, 0.5) is 0 Å². The molecule has 1 unspecified atom stereocenters. The Kier molecular flexibility index (Phi) is 4.65. The van der Waals surface area contributed by atoms with Crippen molar-refractivity contribution in [3.05, 3.63) is 59.7 Å². The molecule has 2 aromatic rings. The topological polar surface area (TPSA) is 66.9 Å². The van der Waals surface area contributed by atoms with Crippen molar-refractivity contribution in [1.29, 1.82) is 0 Å². The maximum atomic E-state index is 12.8. The van der Waals surface area contributed by atoms with Crippen molar-refractivity contribution in [2.45, 2.75) is 24.3 Å². The molecule has 1 saturated heterocycles. The van der Waals surface area contributed by atoms with Gasteiger partial charge < -0.3 is 9.64 Å². The van der Waals surface area contributed by atoms with Crippen LogP contribution in [-0.4, -0.2) is 55.8 Å². The van der Waals surface area contributed by atoms with Crippen LogP contribution >= 0.6 is 0 Å². The molecule has 1 amide bonds. The number of para-hydroxylation sites is 1. The largest absolute Gasteiger partial charge is 0.480 e. The van der Waals surface area contributed by atoms with Crippen LogP contribution in [0.2, 0.25) is 0 Å². The van der Waals surface area contributed by atoms with E-state index in [0.29, 0.717) is 37.5 Å². The van der Waals surface area contributed by atoms with E-state index in [4.69, 9.17) is 4.74 Å². The highest BCUT2D eigenvalue weighted by Crippen LogP contribution is 2.29. The number of piperazine rings is 1. The Morgan fingerprint density at radius 2 is 1.67 bits per heavy atom. The SMILES string of the molecule is Cc1ccc(S(=O)(=O)N2CCN(C(=O)C3Cc4ccccc4O3)CC2)cc1. The molecule has 0 aliphatic carbocycles. The molecular weight excluding hydrogens is 364 g/mol. The Labute approximate surface area is 159 Å². The second-order valence-electron chi connectivity index (χ2n) is 6.96. The monoisotopic (exact) mass is 386 g/mol. The third kappa shape index (κ3) is 3.44. The molecule has 1 atom stereocenters. The number of ether oxygens (including phenoxy) is 1. The lowest BCUT2D eigenvalue weighted by molar-refractivity contribution is -0.139. The van der Waals surface area contributed by atoms with Crippen LogP contribution in [0.25, 0.3) is 0 Å². The fraction of sp³-hybridized carbons (Fsp3) is 0.350. The third-order valence-corrected chi connectivity index (χ3v) is 7.04. The lowest BCUT2D eigenvalue weighted by Gasteiger charge is -2.35. The van der Waals surface area contributed by atoms with Gasteiger partial charge in [-0.05, 0) is 30.7 Å². The molecule has 27 heavy (non-hydrogen) atoms. The predicted octanol–water partition coefficient (Wildman–Crippen LogP) is 1.83. The van der Waals surface area contributed by atoms with E-state index in [2.05, 4.69) is 0 Å².